The molecule has 6 nitrogen and oxygen atoms in total. The van der Waals surface area contributed by atoms with Gasteiger partial charge in [0.15, 0.2) is 0 Å². The molecule has 0 fully saturated rings. The average molecular weight is 233 g/mol. The number of carbonyl (C=O) groups is 2. The summed E-state index contributed by atoms with van der Waals surface area (Å²) in [6.07, 6.45) is 2.42. The van der Waals surface area contributed by atoms with Crippen molar-refractivity contribution in [2.24, 2.45) is 0 Å². The Kier molecular flexibility index (Phi) is 1.59. The molecule has 0 atom stereocenters. The second-order valence-corrected chi connectivity index (χ2v) is 3.82. The molecule has 0 saturated heterocycles. The molecule has 0 spiro atoms. The molecule has 1 aliphatic heterocycles. The van der Waals surface area contributed by atoms with Gasteiger partial charge in [0.25, 0.3) is 11.8 Å². The third kappa shape index (κ3) is 0.944. The third-order valence-corrected chi connectivity index (χ3v) is 2.93. The van der Waals surface area contributed by atoms with Crippen molar-refractivity contribution in [2.75, 3.05) is 7.05 Å². The first-order valence-electron chi connectivity index (χ1n) is 4.80. The zero-order valence-electron chi connectivity index (χ0n) is 8.72. The van der Waals surface area contributed by atoms with Gasteiger partial charge in [0.05, 0.1) is 21.9 Å². The standard InChI is InChI=1S/C11H7NO5/c1-12-10(15)6-7(11(12)16)9(14)5-3-17-2-4(5)8(6)13/h2-3,13-14H,1H3. The molecule has 2 heterocycles. The molecule has 1 aliphatic rings. The molecule has 1 aromatic carbocycles. The fraction of sp³-hybridized carbons (Fsp3) is 0.0909. The fourth-order valence-corrected chi connectivity index (χ4v) is 2.01. The second kappa shape index (κ2) is 2.79. The van der Waals surface area contributed by atoms with Gasteiger partial charge in [-0.05, 0) is 0 Å². The Morgan fingerprint density at radius 3 is 1.82 bits per heavy atom. The van der Waals surface area contributed by atoms with Crippen LogP contribution >= 0.6 is 0 Å². The predicted molar refractivity (Wildman–Crippen MR) is 56.0 cm³/mol. The number of phenolic OH excluding ortho intramolecular Hbond substituents is 2. The number of imide groups is 1. The maximum atomic E-state index is 11.7. The first-order chi connectivity index (χ1) is 8.04. The van der Waals surface area contributed by atoms with E-state index in [1.807, 2.05) is 0 Å². The molecular formula is C11H7NO5. The van der Waals surface area contributed by atoms with Gasteiger partial charge in [-0.2, -0.15) is 0 Å². The first-order valence-corrected chi connectivity index (χ1v) is 4.80. The highest BCUT2D eigenvalue weighted by Crippen LogP contribution is 2.43. The Bertz CT molecular complexity index is 629. The van der Waals surface area contributed by atoms with Gasteiger partial charge >= 0.3 is 0 Å². The van der Waals surface area contributed by atoms with Crippen molar-refractivity contribution >= 4 is 22.6 Å². The van der Waals surface area contributed by atoms with E-state index in [4.69, 9.17) is 4.42 Å². The lowest BCUT2D eigenvalue weighted by molar-refractivity contribution is 0.0692. The van der Waals surface area contributed by atoms with E-state index in [2.05, 4.69) is 0 Å². The number of furan rings is 1. The van der Waals surface area contributed by atoms with E-state index in [0.717, 1.165) is 4.90 Å². The van der Waals surface area contributed by atoms with Crippen LogP contribution in [0.25, 0.3) is 10.8 Å². The number of rotatable bonds is 0. The van der Waals surface area contributed by atoms with Crippen molar-refractivity contribution in [3.63, 3.8) is 0 Å². The molecule has 2 amide bonds. The molecule has 6 heteroatoms. The van der Waals surface area contributed by atoms with Gasteiger partial charge < -0.3 is 14.6 Å². The van der Waals surface area contributed by atoms with Crippen LogP contribution in [0.3, 0.4) is 0 Å². The number of hydrogen-bond acceptors (Lipinski definition) is 5. The van der Waals surface area contributed by atoms with Gasteiger partial charge in [-0.3, -0.25) is 14.5 Å². The van der Waals surface area contributed by atoms with Gasteiger partial charge in [-0.25, -0.2) is 0 Å². The quantitative estimate of drug-likeness (QED) is 0.524. The summed E-state index contributed by atoms with van der Waals surface area (Å²) in [7, 11) is 1.29. The number of carbonyl (C=O) groups excluding carboxylic acids is 2. The summed E-state index contributed by atoms with van der Waals surface area (Å²) in [6.45, 7) is 0. The van der Waals surface area contributed by atoms with Crippen LogP contribution in [0.5, 0.6) is 11.5 Å². The lowest BCUT2D eigenvalue weighted by atomic mass is 10.0. The lowest BCUT2D eigenvalue weighted by Gasteiger charge is -2.03. The molecule has 17 heavy (non-hydrogen) atoms. The minimum atomic E-state index is -0.638. The number of aromatic hydroxyl groups is 2. The number of amides is 2. The Hall–Kier alpha value is -2.50. The number of fused-ring (bicyclic) bond motifs is 2. The number of nitrogens with zero attached hydrogens (tertiary/aromatic N) is 1. The zero-order valence-corrected chi connectivity index (χ0v) is 8.72. The molecular weight excluding hydrogens is 226 g/mol. The molecule has 0 bridgehead atoms. The molecule has 0 saturated carbocycles. The topological polar surface area (TPSA) is 91.0 Å². The highest BCUT2D eigenvalue weighted by atomic mass is 16.3. The van der Waals surface area contributed by atoms with Gasteiger partial charge in [-0.15, -0.1) is 0 Å². The Morgan fingerprint density at radius 1 is 1.00 bits per heavy atom. The van der Waals surface area contributed by atoms with E-state index >= 15 is 0 Å². The van der Waals surface area contributed by atoms with Crippen LogP contribution in [0.1, 0.15) is 20.7 Å². The maximum Gasteiger partial charge on any atom is 0.265 e. The molecule has 0 radical (unpaired) electrons. The van der Waals surface area contributed by atoms with Crippen LogP contribution in [-0.4, -0.2) is 34.0 Å². The molecule has 1 aromatic heterocycles. The summed E-state index contributed by atoms with van der Waals surface area (Å²) < 4.78 is 4.85. The van der Waals surface area contributed by atoms with E-state index in [-0.39, 0.29) is 33.4 Å². The minimum absolute atomic E-state index is 0.177. The normalized spacial score (nSPS) is 14.8. The largest absolute Gasteiger partial charge is 0.506 e. The molecule has 2 N–H and O–H groups in total. The Labute approximate surface area is 94.7 Å². The summed E-state index contributed by atoms with van der Waals surface area (Å²) >= 11 is 0. The van der Waals surface area contributed by atoms with E-state index in [1.54, 1.807) is 0 Å². The van der Waals surface area contributed by atoms with Crippen molar-refractivity contribution < 1.29 is 24.2 Å². The average Bonchev–Trinajstić information content (AvgIpc) is 2.86. The predicted octanol–water partition coefficient (Wildman–Crippen LogP) is 1.07. The lowest BCUT2D eigenvalue weighted by Crippen LogP contribution is -2.24. The molecule has 3 rings (SSSR count). The molecule has 0 aliphatic carbocycles. The summed E-state index contributed by atoms with van der Waals surface area (Å²) in [4.78, 5) is 24.3. The zero-order chi connectivity index (χ0) is 12.3. The van der Waals surface area contributed by atoms with Crippen molar-refractivity contribution in [3.05, 3.63) is 23.7 Å². The first kappa shape index (κ1) is 9.71. The smallest absolute Gasteiger partial charge is 0.265 e. The molecule has 0 unspecified atom stereocenters. The third-order valence-electron chi connectivity index (χ3n) is 2.93. The van der Waals surface area contributed by atoms with Gasteiger partial charge in [0.2, 0.25) is 0 Å². The van der Waals surface area contributed by atoms with Crippen LogP contribution in [0, 0.1) is 0 Å². The van der Waals surface area contributed by atoms with E-state index in [9.17, 15) is 19.8 Å². The van der Waals surface area contributed by atoms with Crippen molar-refractivity contribution in [3.8, 4) is 11.5 Å². The van der Waals surface area contributed by atoms with Crippen molar-refractivity contribution in [1.29, 1.82) is 0 Å². The van der Waals surface area contributed by atoms with Crippen LogP contribution in [0.2, 0.25) is 0 Å². The van der Waals surface area contributed by atoms with E-state index < -0.39 is 11.8 Å². The van der Waals surface area contributed by atoms with Gasteiger partial charge in [0, 0.05) is 7.05 Å². The van der Waals surface area contributed by atoms with Crippen molar-refractivity contribution in [2.45, 2.75) is 0 Å². The van der Waals surface area contributed by atoms with E-state index in [0.29, 0.717) is 0 Å². The summed E-state index contributed by atoms with van der Waals surface area (Å²) in [5.74, 6) is -1.96. The second-order valence-electron chi connectivity index (χ2n) is 3.82. The summed E-state index contributed by atoms with van der Waals surface area (Å²) in [5.41, 5.74) is -0.354. The van der Waals surface area contributed by atoms with Crippen LogP contribution < -0.4 is 0 Å². The maximum absolute atomic E-state index is 11.7. The number of hydrogen-bond donors (Lipinski definition) is 2. The van der Waals surface area contributed by atoms with Gasteiger partial charge in [-0.1, -0.05) is 0 Å². The van der Waals surface area contributed by atoms with Crippen molar-refractivity contribution in [1.82, 2.24) is 4.90 Å². The number of phenols is 2. The number of benzene rings is 1. The van der Waals surface area contributed by atoms with E-state index in [1.165, 1.54) is 19.6 Å². The fourth-order valence-electron chi connectivity index (χ4n) is 2.01. The summed E-state index contributed by atoms with van der Waals surface area (Å²) in [6, 6.07) is 0. The SMILES string of the molecule is CN1C(=O)c2c(c(O)c3cocc3c2O)C1=O. The van der Waals surface area contributed by atoms with Gasteiger partial charge in [0.1, 0.15) is 24.0 Å². The Balaban J connectivity index is 2.54. The Morgan fingerprint density at radius 2 is 1.41 bits per heavy atom. The highest BCUT2D eigenvalue weighted by Gasteiger charge is 2.39. The van der Waals surface area contributed by atoms with Crippen LogP contribution in [0.4, 0.5) is 0 Å². The summed E-state index contributed by atoms with van der Waals surface area (Å²) in [5, 5.41) is 20.2. The van der Waals surface area contributed by atoms with Crippen LogP contribution in [-0.2, 0) is 0 Å². The molecule has 86 valence electrons. The minimum Gasteiger partial charge on any atom is -0.506 e. The van der Waals surface area contributed by atoms with Crippen LogP contribution in [0.15, 0.2) is 16.9 Å². The monoisotopic (exact) mass is 233 g/mol. The highest BCUT2D eigenvalue weighted by molar-refractivity contribution is 6.26. The molecule has 2 aromatic rings.